The maximum Gasteiger partial charge on any atom is 0.328 e. The van der Waals surface area contributed by atoms with E-state index in [9.17, 15) is 13.2 Å². The number of carbonyl (C=O) groups excluding carboxylic acids is 1. The lowest BCUT2D eigenvalue weighted by molar-refractivity contribution is -0.139. The lowest BCUT2D eigenvalue weighted by atomic mass is 10.3. The van der Waals surface area contributed by atoms with E-state index < -0.39 is 21.1 Å². The number of hydrogen-bond donors (Lipinski definition) is 0. The summed E-state index contributed by atoms with van der Waals surface area (Å²) in [5, 5.41) is -1.30. The summed E-state index contributed by atoms with van der Waals surface area (Å²) >= 11 is 0. The summed E-state index contributed by atoms with van der Waals surface area (Å²) in [4.78, 5) is 11.7. The zero-order chi connectivity index (χ0) is 13.8. The zero-order valence-electron chi connectivity index (χ0n) is 10.6. The van der Waals surface area contributed by atoms with Crippen molar-refractivity contribution in [2.24, 2.45) is 0 Å². The van der Waals surface area contributed by atoms with Gasteiger partial charge in [-0.3, -0.25) is 4.79 Å². The molecule has 1 rings (SSSR count). The van der Waals surface area contributed by atoms with Gasteiger partial charge in [0.15, 0.2) is 15.1 Å². The molecule has 4 nitrogen and oxygen atoms in total. The summed E-state index contributed by atoms with van der Waals surface area (Å²) in [5.41, 5.74) is 0.741. The van der Waals surface area contributed by atoms with Gasteiger partial charge in [-0.1, -0.05) is 29.8 Å². The Hall–Kier alpha value is -1.62. The van der Waals surface area contributed by atoms with E-state index in [1.54, 1.807) is 32.0 Å². The molecular weight excluding hydrogens is 252 g/mol. The Bertz CT molecular complexity index is 540. The third-order valence-electron chi connectivity index (χ3n) is 2.32. The van der Waals surface area contributed by atoms with E-state index in [-0.39, 0.29) is 4.90 Å². The molecule has 0 fully saturated rings. The second-order valence-electron chi connectivity index (χ2n) is 4.05. The molecule has 1 unspecified atom stereocenters. The molecule has 0 radical (unpaired) electrons. The molecule has 0 aliphatic rings. The Morgan fingerprint density at radius 2 is 1.78 bits per heavy atom. The SMILES string of the molecule is COC(=O)C(C=C(C)C)S(=O)(=O)c1ccccc1. The molecule has 5 heteroatoms. The highest BCUT2D eigenvalue weighted by Gasteiger charge is 2.32. The van der Waals surface area contributed by atoms with E-state index in [0.29, 0.717) is 0 Å². The number of benzene rings is 1. The van der Waals surface area contributed by atoms with Crippen LogP contribution < -0.4 is 0 Å². The van der Waals surface area contributed by atoms with Crippen LogP contribution in [0.5, 0.6) is 0 Å². The first kappa shape index (κ1) is 14.4. The van der Waals surface area contributed by atoms with Crippen LogP contribution in [-0.2, 0) is 19.4 Å². The van der Waals surface area contributed by atoms with Gasteiger partial charge in [0, 0.05) is 0 Å². The number of sulfone groups is 1. The van der Waals surface area contributed by atoms with Crippen LogP contribution in [0, 0.1) is 0 Å². The monoisotopic (exact) mass is 268 g/mol. The van der Waals surface area contributed by atoms with Gasteiger partial charge in [0.25, 0.3) is 0 Å². The molecule has 0 aliphatic heterocycles. The molecule has 0 bridgehead atoms. The van der Waals surface area contributed by atoms with Crippen molar-refractivity contribution in [2.75, 3.05) is 7.11 Å². The largest absolute Gasteiger partial charge is 0.468 e. The van der Waals surface area contributed by atoms with Crippen molar-refractivity contribution in [1.82, 2.24) is 0 Å². The Morgan fingerprint density at radius 3 is 2.22 bits per heavy atom. The number of carbonyl (C=O) groups is 1. The number of allylic oxidation sites excluding steroid dienone is 1. The molecule has 1 aromatic carbocycles. The quantitative estimate of drug-likeness (QED) is 0.618. The van der Waals surface area contributed by atoms with Gasteiger partial charge in [-0.2, -0.15) is 0 Å². The predicted octanol–water partition coefficient (Wildman–Crippen LogP) is 1.97. The fraction of sp³-hybridized carbons (Fsp3) is 0.308. The molecule has 0 heterocycles. The van der Waals surface area contributed by atoms with Gasteiger partial charge < -0.3 is 4.74 Å². The smallest absolute Gasteiger partial charge is 0.328 e. The average molecular weight is 268 g/mol. The summed E-state index contributed by atoms with van der Waals surface area (Å²) < 4.78 is 29.2. The Labute approximate surface area is 107 Å². The van der Waals surface area contributed by atoms with Crippen LogP contribution in [-0.4, -0.2) is 26.7 Å². The van der Waals surface area contributed by atoms with Gasteiger partial charge in [0.1, 0.15) is 0 Å². The number of hydrogen-bond acceptors (Lipinski definition) is 4. The van der Waals surface area contributed by atoms with E-state index in [1.165, 1.54) is 25.3 Å². The molecule has 0 aromatic heterocycles. The highest BCUT2D eigenvalue weighted by Crippen LogP contribution is 2.18. The summed E-state index contributed by atoms with van der Waals surface area (Å²) in [5.74, 6) is -0.778. The fourth-order valence-corrected chi connectivity index (χ4v) is 3.09. The second-order valence-corrected chi connectivity index (χ2v) is 6.12. The van der Waals surface area contributed by atoms with Crippen molar-refractivity contribution in [2.45, 2.75) is 24.0 Å². The van der Waals surface area contributed by atoms with E-state index in [2.05, 4.69) is 4.74 Å². The first-order chi connectivity index (χ1) is 8.39. The topological polar surface area (TPSA) is 60.4 Å². The molecule has 0 saturated carbocycles. The van der Waals surface area contributed by atoms with Crippen LogP contribution in [0.2, 0.25) is 0 Å². The number of methoxy groups -OCH3 is 1. The molecule has 1 atom stereocenters. The normalized spacial score (nSPS) is 12.6. The molecule has 98 valence electrons. The summed E-state index contributed by atoms with van der Waals surface area (Å²) in [7, 11) is -2.58. The van der Waals surface area contributed by atoms with Crippen LogP contribution in [0.4, 0.5) is 0 Å². The van der Waals surface area contributed by atoms with Gasteiger partial charge in [-0.25, -0.2) is 8.42 Å². The van der Waals surface area contributed by atoms with E-state index >= 15 is 0 Å². The lowest BCUT2D eigenvalue weighted by Gasteiger charge is -2.12. The van der Waals surface area contributed by atoms with E-state index in [0.717, 1.165) is 5.57 Å². The van der Waals surface area contributed by atoms with Crippen molar-refractivity contribution in [1.29, 1.82) is 0 Å². The third kappa shape index (κ3) is 3.20. The molecule has 0 aliphatic carbocycles. The molecule has 0 spiro atoms. The fourth-order valence-electron chi connectivity index (χ4n) is 1.46. The summed E-state index contributed by atoms with van der Waals surface area (Å²) in [6, 6.07) is 7.87. The number of esters is 1. The third-order valence-corrected chi connectivity index (χ3v) is 4.25. The minimum absolute atomic E-state index is 0.109. The molecule has 0 saturated heterocycles. The van der Waals surface area contributed by atoms with Crippen molar-refractivity contribution < 1.29 is 17.9 Å². The van der Waals surface area contributed by atoms with Crippen LogP contribution in [0.1, 0.15) is 13.8 Å². The van der Waals surface area contributed by atoms with Gasteiger partial charge in [-0.15, -0.1) is 0 Å². The van der Waals surface area contributed by atoms with E-state index in [1.807, 2.05) is 0 Å². The summed E-state index contributed by atoms with van der Waals surface area (Å²) in [6.45, 7) is 3.47. The highest BCUT2D eigenvalue weighted by atomic mass is 32.2. The van der Waals surface area contributed by atoms with Gasteiger partial charge >= 0.3 is 5.97 Å². The molecule has 18 heavy (non-hydrogen) atoms. The lowest BCUT2D eigenvalue weighted by Crippen LogP contribution is -2.30. The standard InChI is InChI=1S/C13H16O4S/c1-10(2)9-12(13(14)17-3)18(15,16)11-7-5-4-6-8-11/h4-9,12H,1-3H3. The highest BCUT2D eigenvalue weighted by molar-refractivity contribution is 7.93. The second kappa shape index (κ2) is 5.82. The van der Waals surface area contributed by atoms with Crippen LogP contribution in [0.25, 0.3) is 0 Å². The van der Waals surface area contributed by atoms with Crippen molar-refractivity contribution in [3.8, 4) is 0 Å². The van der Waals surface area contributed by atoms with Gasteiger partial charge in [-0.05, 0) is 26.0 Å². The molecule has 0 N–H and O–H groups in total. The van der Waals surface area contributed by atoms with Crippen molar-refractivity contribution >= 4 is 15.8 Å². The summed E-state index contributed by atoms with van der Waals surface area (Å²) in [6.07, 6.45) is 1.40. The first-order valence-electron chi connectivity index (χ1n) is 5.41. The number of rotatable bonds is 4. The van der Waals surface area contributed by atoms with Gasteiger partial charge in [0.2, 0.25) is 0 Å². The Balaban J connectivity index is 3.29. The predicted molar refractivity (Wildman–Crippen MR) is 68.9 cm³/mol. The number of ether oxygens (including phenoxy) is 1. The van der Waals surface area contributed by atoms with E-state index in [4.69, 9.17) is 0 Å². The van der Waals surface area contributed by atoms with Crippen molar-refractivity contribution in [3.05, 3.63) is 42.0 Å². The first-order valence-corrected chi connectivity index (χ1v) is 6.96. The van der Waals surface area contributed by atoms with Crippen molar-refractivity contribution in [3.63, 3.8) is 0 Å². The van der Waals surface area contributed by atoms with Crippen LogP contribution in [0.15, 0.2) is 46.9 Å². The van der Waals surface area contributed by atoms with Gasteiger partial charge in [0.05, 0.1) is 12.0 Å². The molecule has 1 aromatic rings. The van der Waals surface area contributed by atoms with Crippen LogP contribution in [0.3, 0.4) is 0 Å². The maximum atomic E-state index is 12.3. The minimum Gasteiger partial charge on any atom is -0.468 e. The Morgan fingerprint density at radius 1 is 1.22 bits per heavy atom. The zero-order valence-corrected chi connectivity index (χ0v) is 11.4. The van der Waals surface area contributed by atoms with Crippen LogP contribution >= 0.6 is 0 Å². The average Bonchev–Trinajstić information content (AvgIpc) is 2.35. The maximum absolute atomic E-state index is 12.3. The Kier molecular flexibility index (Phi) is 4.67. The molecule has 0 amide bonds. The minimum atomic E-state index is -3.76. The molecular formula is C13H16O4S.